The van der Waals surface area contributed by atoms with Gasteiger partial charge in [-0.05, 0) is 48.7 Å². The molecule has 1 fully saturated rings. The van der Waals surface area contributed by atoms with Crippen molar-refractivity contribution in [1.29, 1.82) is 0 Å². The first-order chi connectivity index (χ1) is 12.6. The minimum Gasteiger partial charge on any atom is -0.342 e. The van der Waals surface area contributed by atoms with E-state index in [9.17, 15) is 4.79 Å². The Kier molecular flexibility index (Phi) is 4.40. The smallest absolute Gasteiger partial charge is 0.224 e. The summed E-state index contributed by atoms with van der Waals surface area (Å²) in [4.78, 5) is 22.8. The number of H-pyrrole nitrogens is 1. The fourth-order valence-electron chi connectivity index (χ4n) is 3.63. The van der Waals surface area contributed by atoms with E-state index in [2.05, 4.69) is 39.6 Å². The molecule has 0 aliphatic carbocycles. The van der Waals surface area contributed by atoms with Crippen LogP contribution in [0.1, 0.15) is 42.4 Å². The van der Waals surface area contributed by atoms with Gasteiger partial charge in [-0.25, -0.2) is 9.67 Å². The highest BCUT2D eigenvalue weighted by Gasteiger charge is 2.26. The Labute approximate surface area is 151 Å². The summed E-state index contributed by atoms with van der Waals surface area (Å²) in [6.45, 7) is 5.95. The summed E-state index contributed by atoms with van der Waals surface area (Å²) < 4.78 is 1.67. The molecule has 8 heteroatoms. The van der Waals surface area contributed by atoms with Crippen molar-refractivity contribution in [1.82, 2.24) is 35.1 Å². The third-order valence-electron chi connectivity index (χ3n) is 5.14. The topological polar surface area (TPSA) is 92.6 Å². The largest absolute Gasteiger partial charge is 0.342 e. The van der Waals surface area contributed by atoms with Crippen molar-refractivity contribution in [2.75, 3.05) is 13.1 Å². The number of tetrazole rings is 1. The number of nitrogens with zero attached hydrogens (tertiary/aromatic N) is 6. The van der Waals surface area contributed by atoms with Gasteiger partial charge in [-0.2, -0.15) is 0 Å². The first-order valence-corrected chi connectivity index (χ1v) is 9.07. The minimum atomic E-state index is 0.150. The van der Waals surface area contributed by atoms with Crippen LogP contribution in [0.3, 0.4) is 0 Å². The number of aryl methyl sites for hydroxylation is 3. The molecule has 0 radical (unpaired) electrons. The lowest BCUT2D eigenvalue weighted by Gasteiger charge is -2.32. The van der Waals surface area contributed by atoms with Crippen molar-refractivity contribution in [2.45, 2.75) is 45.6 Å². The molecule has 1 N–H and O–H groups in total. The SMILES string of the molecule is Cc1cccc2[nH]c(C3CCCN(C(=O)CCn4nnnc4C)C3)nc12. The number of hydrogen-bond donors (Lipinski definition) is 1. The van der Waals surface area contributed by atoms with E-state index >= 15 is 0 Å². The van der Waals surface area contributed by atoms with Crippen molar-refractivity contribution >= 4 is 16.9 Å². The van der Waals surface area contributed by atoms with Gasteiger partial charge in [-0.15, -0.1) is 5.10 Å². The van der Waals surface area contributed by atoms with Crippen molar-refractivity contribution in [3.63, 3.8) is 0 Å². The molecule has 26 heavy (non-hydrogen) atoms. The maximum Gasteiger partial charge on any atom is 0.224 e. The molecule has 1 atom stereocenters. The van der Waals surface area contributed by atoms with E-state index in [0.717, 1.165) is 42.1 Å². The second-order valence-electron chi connectivity index (χ2n) is 6.97. The Morgan fingerprint density at radius 2 is 2.23 bits per heavy atom. The van der Waals surface area contributed by atoms with Crippen molar-refractivity contribution in [3.8, 4) is 0 Å². The van der Waals surface area contributed by atoms with Crippen LogP contribution in [0.5, 0.6) is 0 Å². The number of amides is 1. The summed E-state index contributed by atoms with van der Waals surface area (Å²) in [5, 5.41) is 11.4. The van der Waals surface area contributed by atoms with E-state index in [-0.39, 0.29) is 11.8 Å². The van der Waals surface area contributed by atoms with Crippen LogP contribution in [0.25, 0.3) is 11.0 Å². The van der Waals surface area contributed by atoms with Gasteiger partial charge in [-0.3, -0.25) is 4.79 Å². The average Bonchev–Trinajstić information content (AvgIpc) is 3.27. The normalized spacial score (nSPS) is 17.8. The number of hydrogen-bond acceptors (Lipinski definition) is 5. The van der Waals surface area contributed by atoms with Gasteiger partial charge in [0.2, 0.25) is 5.91 Å². The highest BCUT2D eigenvalue weighted by molar-refractivity contribution is 5.79. The van der Waals surface area contributed by atoms with Crippen LogP contribution in [0.15, 0.2) is 18.2 Å². The standard InChI is InChI=1S/C18H23N7O/c1-12-5-3-7-15-17(12)20-18(19-15)14-6-4-9-24(11-14)16(26)8-10-25-13(2)21-22-23-25/h3,5,7,14H,4,6,8-11H2,1-2H3,(H,19,20). The first-order valence-electron chi connectivity index (χ1n) is 9.07. The molecule has 3 aromatic rings. The molecular formula is C18H23N7O. The van der Waals surface area contributed by atoms with Gasteiger partial charge >= 0.3 is 0 Å². The molecule has 1 saturated heterocycles. The number of piperidine rings is 1. The lowest BCUT2D eigenvalue weighted by molar-refractivity contribution is -0.132. The fraction of sp³-hybridized carbons (Fsp3) is 0.500. The highest BCUT2D eigenvalue weighted by atomic mass is 16.2. The summed E-state index contributed by atoms with van der Waals surface area (Å²) in [6, 6.07) is 6.17. The van der Waals surface area contributed by atoms with Gasteiger partial charge in [0.25, 0.3) is 0 Å². The molecule has 4 rings (SSSR count). The quantitative estimate of drug-likeness (QED) is 0.774. The van der Waals surface area contributed by atoms with E-state index < -0.39 is 0 Å². The second-order valence-corrected chi connectivity index (χ2v) is 6.97. The lowest BCUT2D eigenvalue weighted by atomic mass is 9.97. The van der Waals surface area contributed by atoms with Crippen LogP contribution in [0, 0.1) is 13.8 Å². The molecule has 1 unspecified atom stereocenters. The van der Waals surface area contributed by atoms with E-state index in [1.54, 1.807) is 4.68 Å². The lowest BCUT2D eigenvalue weighted by Crippen LogP contribution is -2.39. The van der Waals surface area contributed by atoms with Gasteiger partial charge in [0.05, 0.1) is 17.6 Å². The summed E-state index contributed by atoms with van der Waals surface area (Å²) in [7, 11) is 0. The molecule has 136 valence electrons. The van der Waals surface area contributed by atoms with Crippen LogP contribution in [0.2, 0.25) is 0 Å². The van der Waals surface area contributed by atoms with Crippen molar-refractivity contribution < 1.29 is 4.79 Å². The molecule has 2 aromatic heterocycles. The Morgan fingerprint density at radius 3 is 3.00 bits per heavy atom. The number of para-hydroxylation sites is 1. The van der Waals surface area contributed by atoms with Gasteiger partial charge in [0, 0.05) is 25.4 Å². The summed E-state index contributed by atoms with van der Waals surface area (Å²) in [6.07, 6.45) is 2.46. The molecule has 1 aliphatic heterocycles. The van der Waals surface area contributed by atoms with E-state index in [0.29, 0.717) is 19.5 Å². The molecule has 0 bridgehead atoms. The zero-order valence-corrected chi connectivity index (χ0v) is 15.1. The van der Waals surface area contributed by atoms with E-state index in [1.165, 1.54) is 5.56 Å². The Morgan fingerprint density at radius 1 is 1.35 bits per heavy atom. The predicted molar refractivity (Wildman–Crippen MR) is 96.6 cm³/mol. The maximum atomic E-state index is 12.6. The zero-order valence-electron chi connectivity index (χ0n) is 15.1. The number of nitrogens with one attached hydrogen (secondary N) is 1. The Hall–Kier alpha value is -2.77. The van der Waals surface area contributed by atoms with Crippen molar-refractivity contribution in [3.05, 3.63) is 35.4 Å². The average molecular weight is 353 g/mol. The summed E-state index contributed by atoms with van der Waals surface area (Å²) in [5.41, 5.74) is 3.27. The van der Waals surface area contributed by atoms with Crippen LogP contribution in [-0.4, -0.2) is 54.1 Å². The fourth-order valence-corrected chi connectivity index (χ4v) is 3.63. The minimum absolute atomic E-state index is 0.150. The third-order valence-corrected chi connectivity index (χ3v) is 5.14. The number of imidazole rings is 1. The van der Waals surface area contributed by atoms with E-state index in [1.807, 2.05) is 17.9 Å². The molecule has 1 amide bonds. The monoisotopic (exact) mass is 353 g/mol. The number of rotatable bonds is 4. The number of carbonyl (C=O) groups excluding carboxylic acids is 1. The molecular weight excluding hydrogens is 330 g/mol. The molecule has 1 aliphatic rings. The Bertz CT molecular complexity index is 929. The third kappa shape index (κ3) is 3.18. The molecule has 1 aromatic carbocycles. The summed E-state index contributed by atoms with van der Waals surface area (Å²) >= 11 is 0. The van der Waals surface area contributed by atoms with Gasteiger partial charge in [-0.1, -0.05) is 12.1 Å². The van der Waals surface area contributed by atoms with Crippen LogP contribution in [0.4, 0.5) is 0 Å². The predicted octanol–water partition coefficient (Wildman–Crippen LogP) is 1.96. The number of aromatic amines is 1. The molecule has 0 saturated carbocycles. The number of aromatic nitrogens is 6. The molecule has 8 nitrogen and oxygen atoms in total. The number of carbonyl (C=O) groups is 1. The van der Waals surface area contributed by atoms with Crippen molar-refractivity contribution in [2.24, 2.45) is 0 Å². The zero-order chi connectivity index (χ0) is 18.1. The maximum absolute atomic E-state index is 12.6. The number of likely N-dealkylation sites (tertiary alicyclic amines) is 1. The van der Waals surface area contributed by atoms with Gasteiger partial charge in [0.15, 0.2) is 0 Å². The van der Waals surface area contributed by atoms with Gasteiger partial charge < -0.3 is 9.88 Å². The first kappa shape index (κ1) is 16.7. The van der Waals surface area contributed by atoms with E-state index in [4.69, 9.17) is 4.98 Å². The summed E-state index contributed by atoms with van der Waals surface area (Å²) in [5.74, 6) is 2.13. The second kappa shape index (κ2) is 6.86. The van der Waals surface area contributed by atoms with Crippen LogP contribution >= 0.6 is 0 Å². The van der Waals surface area contributed by atoms with Crippen LogP contribution < -0.4 is 0 Å². The molecule has 3 heterocycles. The number of fused-ring (bicyclic) bond motifs is 1. The molecule has 0 spiro atoms. The number of benzene rings is 1. The van der Waals surface area contributed by atoms with Crippen LogP contribution in [-0.2, 0) is 11.3 Å². The Balaban J connectivity index is 1.44. The van der Waals surface area contributed by atoms with Gasteiger partial charge in [0.1, 0.15) is 11.6 Å². The highest BCUT2D eigenvalue weighted by Crippen LogP contribution is 2.28.